The molecule has 114 valence electrons. The molecule has 2 rings (SSSR count). The van der Waals surface area contributed by atoms with E-state index in [1.54, 1.807) is 11.3 Å². The van der Waals surface area contributed by atoms with Gasteiger partial charge >= 0.3 is 5.97 Å². The van der Waals surface area contributed by atoms with Gasteiger partial charge in [-0.25, -0.2) is 9.78 Å². The third-order valence-corrected chi connectivity index (χ3v) is 5.24. The Labute approximate surface area is 132 Å². The van der Waals surface area contributed by atoms with E-state index in [-0.39, 0.29) is 4.88 Å². The minimum atomic E-state index is -0.932. The molecule has 0 atom stereocenters. The molecule has 0 spiro atoms. The second-order valence-electron chi connectivity index (χ2n) is 5.08. The summed E-state index contributed by atoms with van der Waals surface area (Å²) in [6, 6.07) is 1.84. The quantitative estimate of drug-likeness (QED) is 0.811. The molecular weight excluding hydrogens is 306 g/mol. The summed E-state index contributed by atoms with van der Waals surface area (Å²) in [7, 11) is 0. The van der Waals surface area contributed by atoms with Crippen LogP contribution in [0.2, 0.25) is 0 Å². The fourth-order valence-corrected chi connectivity index (χ4v) is 3.71. The highest BCUT2D eigenvalue weighted by Crippen LogP contribution is 2.31. The Hall–Kier alpha value is -1.40. The normalized spacial score (nSPS) is 11.0. The van der Waals surface area contributed by atoms with Gasteiger partial charge in [0.1, 0.15) is 12.4 Å². The number of rotatable bonds is 7. The van der Waals surface area contributed by atoms with Crippen LogP contribution in [0.3, 0.4) is 0 Å². The molecule has 0 bridgehead atoms. The van der Waals surface area contributed by atoms with Crippen LogP contribution in [-0.2, 0) is 13.0 Å². The summed E-state index contributed by atoms with van der Waals surface area (Å²) < 4.78 is 5.68. The zero-order chi connectivity index (χ0) is 15.4. The van der Waals surface area contributed by atoms with Gasteiger partial charge in [-0.05, 0) is 12.5 Å². The predicted molar refractivity (Wildman–Crippen MR) is 85.8 cm³/mol. The Balaban J connectivity index is 2.09. The largest absolute Gasteiger partial charge is 0.485 e. The number of carboxylic acid groups (broad SMARTS) is 1. The van der Waals surface area contributed by atoms with Gasteiger partial charge in [0.2, 0.25) is 0 Å². The van der Waals surface area contributed by atoms with Crippen molar-refractivity contribution in [1.82, 2.24) is 4.98 Å². The van der Waals surface area contributed by atoms with Crippen LogP contribution in [0.4, 0.5) is 0 Å². The first-order chi connectivity index (χ1) is 10.0. The summed E-state index contributed by atoms with van der Waals surface area (Å²) in [5.74, 6) is -0.0795. The molecule has 0 unspecified atom stereocenters. The van der Waals surface area contributed by atoms with Gasteiger partial charge < -0.3 is 9.84 Å². The number of nitrogens with zero attached hydrogens (tertiary/aromatic N) is 1. The summed E-state index contributed by atoms with van der Waals surface area (Å²) in [5.41, 5.74) is 0.850. The Bertz CT molecular complexity index is 616. The lowest BCUT2D eigenvalue weighted by molar-refractivity contribution is 0.0697. The van der Waals surface area contributed by atoms with Crippen molar-refractivity contribution in [3.8, 4) is 5.75 Å². The predicted octanol–water partition coefficient (Wildman–Crippen LogP) is 4.56. The standard InChI is InChI=1S/C15H19NO3S2/c1-4-5-11-6-12(13(21-11)15(17)18)19-7-10-8-20-14(16-10)9(2)3/h6,8-9H,4-5,7H2,1-3H3,(H,17,18). The van der Waals surface area contributed by atoms with E-state index in [1.807, 2.05) is 11.4 Å². The van der Waals surface area contributed by atoms with E-state index in [9.17, 15) is 9.90 Å². The first kappa shape index (κ1) is 16.0. The third kappa shape index (κ3) is 4.04. The van der Waals surface area contributed by atoms with Crippen LogP contribution in [0, 0.1) is 0 Å². The number of aryl methyl sites for hydroxylation is 1. The molecule has 4 nitrogen and oxygen atoms in total. The number of carboxylic acids is 1. The van der Waals surface area contributed by atoms with Gasteiger partial charge in [0.05, 0.1) is 10.7 Å². The minimum Gasteiger partial charge on any atom is -0.485 e. The molecular formula is C15H19NO3S2. The van der Waals surface area contributed by atoms with Crippen molar-refractivity contribution in [3.63, 3.8) is 0 Å². The molecule has 6 heteroatoms. The van der Waals surface area contributed by atoms with Crippen molar-refractivity contribution in [2.45, 2.75) is 46.1 Å². The van der Waals surface area contributed by atoms with Gasteiger partial charge in [0.15, 0.2) is 4.88 Å². The molecule has 2 heterocycles. The number of aromatic nitrogens is 1. The molecule has 0 amide bonds. The van der Waals surface area contributed by atoms with Crippen molar-refractivity contribution in [2.24, 2.45) is 0 Å². The number of aromatic carboxylic acids is 1. The Morgan fingerprint density at radius 1 is 1.48 bits per heavy atom. The van der Waals surface area contributed by atoms with E-state index in [1.165, 1.54) is 11.3 Å². The number of thiophene rings is 1. The highest BCUT2D eigenvalue weighted by atomic mass is 32.1. The van der Waals surface area contributed by atoms with Gasteiger partial charge in [-0.1, -0.05) is 27.2 Å². The Morgan fingerprint density at radius 2 is 2.24 bits per heavy atom. The number of carbonyl (C=O) groups is 1. The monoisotopic (exact) mass is 325 g/mol. The van der Waals surface area contributed by atoms with Crippen LogP contribution in [0.15, 0.2) is 11.4 Å². The van der Waals surface area contributed by atoms with Crippen LogP contribution >= 0.6 is 22.7 Å². The van der Waals surface area contributed by atoms with E-state index < -0.39 is 5.97 Å². The van der Waals surface area contributed by atoms with Gasteiger partial charge in [0.25, 0.3) is 0 Å². The Morgan fingerprint density at radius 3 is 2.81 bits per heavy atom. The SMILES string of the molecule is CCCc1cc(OCc2csc(C(C)C)n2)c(C(=O)O)s1. The summed E-state index contributed by atoms with van der Waals surface area (Å²) in [5, 5.41) is 12.3. The maximum Gasteiger partial charge on any atom is 0.349 e. The maximum absolute atomic E-state index is 11.3. The lowest BCUT2D eigenvalue weighted by Crippen LogP contribution is -2.00. The summed E-state index contributed by atoms with van der Waals surface area (Å²) in [6.07, 6.45) is 1.87. The van der Waals surface area contributed by atoms with Crippen LogP contribution in [0.1, 0.15) is 58.4 Å². The lowest BCUT2D eigenvalue weighted by Gasteiger charge is -2.03. The van der Waals surface area contributed by atoms with Gasteiger partial charge in [-0.15, -0.1) is 22.7 Å². The molecule has 0 aliphatic carbocycles. The van der Waals surface area contributed by atoms with Crippen LogP contribution in [0.25, 0.3) is 0 Å². The highest BCUT2D eigenvalue weighted by molar-refractivity contribution is 7.14. The maximum atomic E-state index is 11.3. The summed E-state index contributed by atoms with van der Waals surface area (Å²) >= 11 is 2.91. The van der Waals surface area contributed by atoms with E-state index in [2.05, 4.69) is 25.8 Å². The Kier molecular flexibility index (Phi) is 5.36. The van der Waals surface area contributed by atoms with Crippen molar-refractivity contribution in [3.05, 3.63) is 31.9 Å². The number of hydrogen-bond donors (Lipinski definition) is 1. The van der Waals surface area contributed by atoms with Crippen LogP contribution in [-0.4, -0.2) is 16.1 Å². The highest BCUT2D eigenvalue weighted by Gasteiger charge is 2.17. The molecule has 0 fully saturated rings. The number of thiazole rings is 1. The minimum absolute atomic E-state index is 0.276. The molecule has 0 aliphatic heterocycles. The van der Waals surface area contributed by atoms with E-state index in [0.717, 1.165) is 28.4 Å². The number of ether oxygens (including phenoxy) is 1. The molecule has 21 heavy (non-hydrogen) atoms. The summed E-state index contributed by atoms with van der Waals surface area (Å²) in [4.78, 5) is 17.1. The van der Waals surface area contributed by atoms with Crippen molar-refractivity contribution in [1.29, 1.82) is 0 Å². The smallest absolute Gasteiger partial charge is 0.349 e. The first-order valence-corrected chi connectivity index (χ1v) is 8.64. The molecule has 2 aromatic rings. The van der Waals surface area contributed by atoms with Gasteiger partial charge in [-0.3, -0.25) is 0 Å². The summed E-state index contributed by atoms with van der Waals surface area (Å²) in [6.45, 7) is 6.58. The van der Waals surface area contributed by atoms with Crippen LogP contribution in [0.5, 0.6) is 5.75 Å². The molecule has 0 saturated heterocycles. The fourth-order valence-electron chi connectivity index (χ4n) is 1.85. The molecule has 0 radical (unpaired) electrons. The zero-order valence-corrected chi connectivity index (χ0v) is 14.0. The lowest BCUT2D eigenvalue weighted by atomic mass is 10.2. The average molecular weight is 325 g/mol. The van der Waals surface area contributed by atoms with Gasteiger partial charge in [0, 0.05) is 16.2 Å². The van der Waals surface area contributed by atoms with Crippen molar-refractivity contribution in [2.75, 3.05) is 0 Å². The fraction of sp³-hybridized carbons (Fsp3) is 0.467. The van der Waals surface area contributed by atoms with Crippen molar-refractivity contribution >= 4 is 28.6 Å². The second-order valence-corrected chi connectivity index (χ2v) is 7.11. The molecule has 0 aromatic carbocycles. The second kappa shape index (κ2) is 7.04. The molecule has 0 aliphatic rings. The average Bonchev–Trinajstić information content (AvgIpc) is 3.03. The zero-order valence-electron chi connectivity index (χ0n) is 12.4. The van der Waals surface area contributed by atoms with E-state index in [4.69, 9.17) is 4.74 Å². The topological polar surface area (TPSA) is 59.4 Å². The van der Waals surface area contributed by atoms with Gasteiger partial charge in [-0.2, -0.15) is 0 Å². The van der Waals surface area contributed by atoms with E-state index >= 15 is 0 Å². The molecule has 1 N–H and O–H groups in total. The van der Waals surface area contributed by atoms with Crippen molar-refractivity contribution < 1.29 is 14.6 Å². The molecule has 2 aromatic heterocycles. The number of hydrogen-bond acceptors (Lipinski definition) is 5. The van der Waals surface area contributed by atoms with Crippen LogP contribution < -0.4 is 4.74 Å². The third-order valence-electron chi connectivity index (χ3n) is 2.88. The molecule has 0 saturated carbocycles. The van der Waals surface area contributed by atoms with E-state index in [0.29, 0.717) is 18.3 Å². The first-order valence-electron chi connectivity index (χ1n) is 6.94.